The van der Waals surface area contributed by atoms with E-state index in [-0.39, 0.29) is 5.41 Å². The lowest BCUT2D eigenvalue weighted by molar-refractivity contribution is -0.127. The molecule has 4 aliphatic carbocycles. The van der Waals surface area contributed by atoms with Gasteiger partial charge in [0.15, 0.2) is 0 Å². The largest absolute Gasteiger partial charge is 0.300 e. The average molecular weight is 395 g/mol. The van der Waals surface area contributed by atoms with Crippen LogP contribution in [-0.2, 0) is 4.79 Å². The van der Waals surface area contributed by atoms with Crippen molar-refractivity contribution in [1.82, 2.24) is 0 Å². The Bertz CT molecular complexity index is 776. The first-order valence-corrected chi connectivity index (χ1v) is 12.3. The van der Waals surface area contributed by atoms with Crippen molar-refractivity contribution in [3.63, 3.8) is 0 Å². The van der Waals surface area contributed by atoms with E-state index in [2.05, 4.69) is 53.7 Å². The van der Waals surface area contributed by atoms with Gasteiger partial charge in [-0.3, -0.25) is 4.79 Å². The van der Waals surface area contributed by atoms with E-state index in [1.165, 1.54) is 50.5 Å². The van der Waals surface area contributed by atoms with Gasteiger partial charge < -0.3 is 0 Å². The molecule has 0 amide bonds. The Kier molecular flexibility index (Phi) is 5.50. The van der Waals surface area contributed by atoms with E-state index in [0.717, 1.165) is 24.7 Å². The van der Waals surface area contributed by atoms with Crippen LogP contribution in [0.1, 0.15) is 99.3 Å². The van der Waals surface area contributed by atoms with Gasteiger partial charge in [0.05, 0.1) is 0 Å². The van der Waals surface area contributed by atoms with Crippen molar-refractivity contribution in [3.05, 3.63) is 34.4 Å². The molecule has 6 atom stereocenters. The van der Waals surface area contributed by atoms with Crippen molar-refractivity contribution >= 4 is 5.78 Å². The van der Waals surface area contributed by atoms with Crippen LogP contribution in [0.2, 0.25) is 0 Å². The van der Waals surface area contributed by atoms with Crippen LogP contribution in [0.15, 0.2) is 34.4 Å². The van der Waals surface area contributed by atoms with Crippen molar-refractivity contribution < 1.29 is 4.79 Å². The van der Waals surface area contributed by atoms with Crippen molar-refractivity contribution in [2.24, 2.45) is 34.5 Å². The second-order valence-electron chi connectivity index (χ2n) is 11.5. The zero-order chi connectivity index (χ0) is 21.0. The number of Topliss-reactive ketones (excluding diaryl/α,β-unsaturated/α-hetero) is 1. The zero-order valence-electron chi connectivity index (χ0n) is 19.7. The summed E-state index contributed by atoms with van der Waals surface area (Å²) in [6.07, 6.45) is 15.5. The van der Waals surface area contributed by atoms with Crippen LogP contribution < -0.4 is 0 Å². The number of carbonyl (C=O) groups is 1. The lowest BCUT2D eigenvalue weighted by Gasteiger charge is -2.55. The van der Waals surface area contributed by atoms with Gasteiger partial charge in [0, 0.05) is 12.8 Å². The summed E-state index contributed by atoms with van der Waals surface area (Å²) in [4.78, 5) is 12.3. The fraction of sp³-hybridized carbons (Fsp3) is 0.750. The molecule has 0 aromatic rings. The smallest absolute Gasteiger partial charge is 0.133 e. The lowest BCUT2D eigenvalue weighted by atomic mass is 9.49. The first-order valence-electron chi connectivity index (χ1n) is 12.3. The zero-order valence-corrected chi connectivity index (χ0v) is 19.7. The molecule has 4 aliphatic rings. The number of carbonyl (C=O) groups excluding carboxylic acids is 1. The molecule has 0 aliphatic heterocycles. The van der Waals surface area contributed by atoms with E-state index in [1.54, 1.807) is 16.7 Å². The molecule has 4 rings (SSSR count). The fourth-order valence-corrected chi connectivity index (χ4v) is 7.79. The monoisotopic (exact) mass is 394 g/mol. The molecule has 0 heterocycles. The third kappa shape index (κ3) is 3.31. The molecule has 29 heavy (non-hydrogen) atoms. The average Bonchev–Trinajstić information content (AvgIpc) is 3.00. The summed E-state index contributed by atoms with van der Waals surface area (Å²) in [7, 11) is 0. The predicted octanol–water partition coefficient (Wildman–Crippen LogP) is 7.83. The number of allylic oxidation sites excluding steroid dienone is 6. The van der Waals surface area contributed by atoms with Crippen LogP contribution >= 0.6 is 0 Å². The van der Waals surface area contributed by atoms with Gasteiger partial charge in [-0.15, -0.1) is 0 Å². The second-order valence-corrected chi connectivity index (χ2v) is 11.5. The topological polar surface area (TPSA) is 17.1 Å². The van der Waals surface area contributed by atoms with Gasteiger partial charge >= 0.3 is 0 Å². The molecule has 0 bridgehead atoms. The van der Waals surface area contributed by atoms with Gasteiger partial charge in [-0.2, -0.15) is 0 Å². The number of rotatable bonds is 4. The maximum Gasteiger partial charge on any atom is 0.133 e. The van der Waals surface area contributed by atoms with Gasteiger partial charge in [0.1, 0.15) is 5.78 Å². The van der Waals surface area contributed by atoms with Crippen LogP contribution in [-0.4, -0.2) is 5.78 Å². The predicted molar refractivity (Wildman–Crippen MR) is 123 cm³/mol. The fourth-order valence-electron chi connectivity index (χ4n) is 7.79. The maximum absolute atomic E-state index is 12.3. The van der Waals surface area contributed by atoms with Crippen molar-refractivity contribution in [1.29, 1.82) is 0 Å². The van der Waals surface area contributed by atoms with E-state index < -0.39 is 0 Å². The van der Waals surface area contributed by atoms with E-state index >= 15 is 0 Å². The molecule has 0 aromatic heterocycles. The normalized spacial score (nSPS) is 40.0. The van der Waals surface area contributed by atoms with E-state index in [1.807, 2.05) is 0 Å². The third-order valence-corrected chi connectivity index (χ3v) is 9.73. The minimum atomic E-state index is 0.261. The van der Waals surface area contributed by atoms with E-state index in [4.69, 9.17) is 0 Å². The van der Waals surface area contributed by atoms with Crippen LogP contribution in [0.4, 0.5) is 0 Å². The van der Waals surface area contributed by atoms with Crippen molar-refractivity contribution in [2.75, 3.05) is 0 Å². The molecule has 0 spiro atoms. The highest BCUT2D eigenvalue weighted by molar-refractivity contribution is 5.80. The van der Waals surface area contributed by atoms with Crippen LogP contribution in [0.25, 0.3) is 0 Å². The quantitative estimate of drug-likeness (QED) is 0.444. The molecule has 0 aromatic carbocycles. The van der Waals surface area contributed by atoms with Crippen LogP contribution in [0.3, 0.4) is 0 Å². The lowest BCUT2D eigenvalue weighted by Crippen LogP contribution is -2.47. The molecule has 1 nitrogen and oxygen atoms in total. The number of ketones is 1. The molecule has 0 N–H and O–H groups in total. The Morgan fingerprint density at radius 3 is 2.72 bits per heavy atom. The van der Waals surface area contributed by atoms with Gasteiger partial charge in [-0.1, -0.05) is 51.0 Å². The van der Waals surface area contributed by atoms with Crippen molar-refractivity contribution in [2.45, 2.75) is 99.3 Å². The summed E-state index contributed by atoms with van der Waals surface area (Å²) in [5.41, 5.74) is 7.30. The van der Waals surface area contributed by atoms with Gasteiger partial charge in [-0.05, 0) is 104 Å². The summed E-state index contributed by atoms with van der Waals surface area (Å²) in [5, 5.41) is 0. The number of fused-ring (bicyclic) bond motifs is 4. The van der Waals surface area contributed by atoms with Crippen LogP contribution in [0.5, 0.6) is 0 Å². The van der Waals surface area contributed by atoms with Gasteiger partial charge in [0.2, 0.25) is 0 Å². The Morgan fingerprint density at radius 1 is 1.24 bits per heavy atom. The van der Waals surface area contributed by atoms with E-state index in [9.17, 15) is 4.79 Å². The van der Waals surface area contributed by atoms with Crippen LogP contribution in [0, 0.1) is 34.5 Å². The summed E-state index contributed by atoms with van der Waals surface area (Å²) in [5.74, 6) is 3.18. The minimum absolute atomic E-state index is 0.261. The maximum atomic E-state index is 12.3. The van der Waals surface area contributed by atoms with Gasteiger partial charge in [0.25, 0.3) is 0 Å². The first kappa shape index (κ1) is 21.1. The minimum Gasteiger partial charge on any atom is -0.300 e. The Labute approximate surface area is 179 Å². The number of hydrogen-bond acceptors (Lipinski definition) is 1. The van der Waals surface area contributed by atoms with E-state index in [0.29, 0.717) is 23.0 Å². The molecule has 160 valence electrons. The standard InChI is InChI=1S/C28H42O/c1-18(2)8-7-9-19(3)24-12-13-25-23-11-10-21-17-22(29)16-20(4)28(21,6)26(23)14-15-27(24,25)5/h8,13,19-21,24H,7,9-12,14-17H2,1-6H3/t19-,20?,21+,24-,27-,28+/m1/s1. The third-order valence-electron chi connectivity index (χ3n) is 9.73. The van der Waals surface area contributed by atoms with Crippen molar-refractivity contribution in [3.8, 4) is 0 Å². The molecule has 1 saturated carbocycles. The second kappa shape index (κ2) is 7.54. The summed E-state index contributed by atoms with van der Waals surface area (Å²) >= 11 is 0. The molecular weight excluding hydrogens is 352 g/mol. The highest BCUT2D eigenvalue weighted by Gasteiger charge is 2.54. The Balaban J connectivity index is 1.60. The summed E-state index contributed by atoms with van der Waals surface area (Å²) in [6.45, 7) is 14.4. The Hall–Kier alpha value is -1.11. The summed E-state index contributed by atoms with van der Waals surface area (Å²) in [6, 6.07) is 0. The molecule has 1 fully saturated rings. The highest BCUT2D eigenvalue weighted by atomic mass is 16.1. The molecule has 0 saturated heterocycles. The highest BCUT2D eigenvalue weighted by Crippen LogP contribution is 2.64. The SMILES string of the molecule is CC(C)=CCC[C@@H](C)[C@H]1CC=C2C3=C(CC[C@@]21C)[C@@]1(C)C(C)CC(=O)C[C@@H]1CC3. The summed E-state index contributed by atoms with van der Waals surface area (Å²) < 4.78 is 0. The molecular formula is C28H42O. The Morgan fingerprint density at radius 2 is 2.00 bits per heavy atom. The molecule has 1 heteroatoms. The van der Waals surface area contributed by atoms with Gasteiger partial charge in [-0.25, -0.2) is 0 Å². The molecule has 0 radical (unpaired) electrons. The molecule has 1 unspecified atom stereocenters. The first-order chi connectivity index (χ1) is 13.7. The number of hydrogen-bond donors (Lipinski definition) is 0.